The molecular formula is C26H40Cl2N4O3. The normalized spacial score (nSPS) is 18.8. The molecule has 0 unspecified atom stereocenters. The van der Waals surface area contributed by atoms with Crippen molar-refractivity contribution in [1.29, 1.82) is 0 Å². The van der Waals surface area contributed by atoms with Crippen LogP contribution in [-0.2, 0) is 15.0 Å². The molecule has 0 aromatic heterocycles. The van der Waals surface area contributed by atoms with Gasteiger partial charge in [0.25, 0.3) is 5.91 Å². The lowest BCUT2D eigenvalue weighted by molar-refractivity contribution is -0.124. The lowest BCUT2D eigenvalue weighted by Crippen LogP contribution is -2.51. The van der Waals surface area contributed by atoms with E-state index in [9.17, 15) is 14.4 Å². The second-order valence-electron chi connectivity index (χ2n) is 9.61. The van der Waals surface area contributed by atoms with Crippen molar-refractivity contribution in [3.8, 4) is 0 Å². The quantitative estimate of drug-likeness (QED) is 0.502. The maximum Gasteiger partial charge on any atom is 0.255 e. The molecule has 3 rings (SSSR count). The van der Waals surface area contributed by atoms with Crippen LogP contribution in [0.3, 0.4) is 0 Å². The van der Waals surface area contributed by atoms with Gasteiger partial charge in [-0.15, -0.1) is 12.4 Å². The molecule has 1 saturated heterocycles. The lowest BCUT2D eigenvalue weighted by atomic mass is 9.76. The van der Waals surface area contributed by atoms with Crippen LogP contribution in [0.4, 0.5) is 5.69 Å². The maximum absolute atomic E-state index is 13.8. The standard InChI is InChI=1S/C26H39ClN4O3.ClH/c1-6-23(32)29-12-13-30-22-14-19(21(27)15-20(22)26(7-2,8-3)25(30)34)24(33)31(17(4)5)18-10-9-11-28-16-18;/h14-15,17-18,28H,6-13,16H2,1-5H3,(H,29,32);1H/t18-;/m1./s1. The van der Waals surface area contributed by atoms with Crippen LogP contribution in [0.15, 0.2) is 12.1 Å². The topological polar surface area (TPSA) is 81.8 Å². The smallest absolute Gasteiger partial charge is 0.255 e. The first-order valence-electron chi connectivity index (χ1n) is 12.7. The predicted octanol–water partition coefficient (Wildman–Crippen LogP) is 4.30. The monoisotopic (exact) mass is 526 g/mol. The molecule has 1 atom stereocenters. The van der Waals surface area contributed by atoms with Gasteiger partial charge < -0.3 is 20.4 Å². The third-order valence-electron chi connectivity index (χ3n) is 7.42. The van der Waals surface area contributed by atoms with Crippen LogP contribution < -0.4 is 15.5 Å². The minimum atomic E-state index is -0.666. The molecule has 2 aliphatic rings. The van der Waals surface area contributed by atoms with E-state index in [0.29, 0.717) is 42.9 Å². The van der Waals surface area contributed by atoms with Gasteiger partial charge in [-0.05, 0) is 63.8 Å². The highest BCUT2D eigenvalue weighted by Gasteiger charge is 2.49. The minimum absolute atomic E-state index is 0. The number of rotatable bonds is 9. The Kier molecular flexibility index (Phi) is 10.4. The number of anilines is 1. The minimum Gasteiger partial charge on any atom is -0.354 e. The van der Waals surface area contributed by atoms with Crippen molar-refractivity contribution in [3.63, 3.8) is 0 Å². The molecule has 0 spiro atoms. The van der Waals surface area contributed by atoms with E-state index in [-0.39, 0.29) is 42.2 Å². The summed E-state index contributed by atoms with van der Waals surface area (Å²) in [6, 6.07) is 3.77. The Bertz CT molecular complexity index is 927. The van der Waals surface area contributed by atoms with Crippen molar-refractivity contribution >= 4 is 47.4 Å². The highest BCUT2D eigenvalue weighted by atomic mass is 35.5. The van der Waals surface area contributed by atoms with Gasteiger partial charge in [0, 0.05) is 43.8 Å². The Morgan fingerprint density at radius 3 is 2.49 bits per heavy atom. The summed E-state index contributed by atoms with van der Waals surface area (Å²) in [5.74, 6) is -0.144. The summed E-state index contributed by atoms with van der Waals surface area (Å²) in [4.78, 5) is 42.8. The van der Waals surface area contributed by atoms with Gasteiger partial charge in [0.2, 0.25) is 11.8 Å². The number of hydrogen-bond acceptors (Lipinski definition) is 4. The van der Waals surface area contributed by atoms with Gasteiger partial charge in [0.05, 0.1) is 16.0 Å². The first-order chi connectivity index (χ1) is 16.2. The van der Waals surface area contributed by atoms with Gasteiger partial charge in [-0.1, -0.05) is 32.4 Å². The summed E-state index contributed by atoms with van der Waals surface area (Å²) in [6.07, 6.45) is 3.66. The number of carbonyl (C=O) groups is 3. The van der Waals surface area contributed by atoms with Gasteiger partial charge >= 0.3 is 0 Å². The van der Waals surface area contributed by atoms with Crippen LogP contribution in [0.1, 0.15) is 82.6 Å². The van der Waals surface area contributed by atoms with Crippen LogP contribution in [0, 0.1) is 0 Å². The van der Waals surface area contributed by atoms with Crippen molar-refractivity contribution in [2.24, 2.45) is 0 Å². The number of carbonyl (C=O) groups excluding carboxylic acids is 3. The molecule has 196 valence electrons. The zero-order chi connectivity index (χ0) is 25.0. The van der Waals surface area contributed by atoms with Crippen LogP contribution in [0.25, 0.3) is 0 Å². The molecule has 3 amide bonds. The van der Waals surface area contributed by atoms with Crippen LogP contribution >= 0.6 is 24.0 Å². The van der Waals surface area contributed by atoms with Crippen LogP contribution in [0.5, 0.6) is 0 Å². The second kappa shape index (κ2) is 12.4. The predicted molar refractivity (Wildman–Crippen MR) is 144 cm³/mol. The van der Waals surface area contributed by atoms with Gasteiger partial charge in [-0.2, -0.15) is 0 Å². The van der Waals surface area contributed by atoms with Crippen LogP contribution in [0.2, 0.25) is 5.02 Å². The molecule has 1 aromatic rings. The number of nitrogens with zero attached hydrogens (tertiary/aromatic N) is 2. The largest absolute Gasteiger partial charge is 0.354 e. The summed E-state index contributed by atoms with van der Waals surface area (Å²) >= 11 is 6.74. The first kappa shape index (κ1) is 29.4. The van der Waals surface area contributed by atoms with Crippen LogP contribution in [-0.4, -0.2) is 60.9 Å². The fraction of sp³-hybridized carbons (Fsp3) is 0.654. The Labute approximate surface area is 220 Å². The number of fused-ring (bicyclic) bond motifs is 1. The summed E-state index contributed by atoms with van der Waals surface area (Å²) in [6.45, 7) is 12.3. The number of halogens is 2. The molecular weight excluding hydrogens is 487 g/mol. The summed E-state index contributed by atoms with van der Waals surface area (Å²) in [5, 5.41) is 6.64. The van der Waals surface area contributed by atoms with Gasteiger partial charge in [0.15, 0.2) is 0 Å². The van der Waals surface area contributed by atoms with Crippen molar-refractivity contribution < 1.29 is 14.4 Å². The van der Waals surface area contributed by atoms with E-state index in [2.05, 4.69) is 10.6 Å². The Morgan fingerprint density at radius 1 is 1.26 bits per heavy atom. The van der Waals surface area contributed by atoms with Crippen molar-refractivity contribution in [2.45, 2.75) is 84.2 Å². The molecule has 0 saturated carbocycles. The molecule has 35 heavy (non-hydrogen) atoms. The molecule has 9 heteroatoms. The van der Waals surface area contributed by atoms with Gasteiger partial charge in [-0.25, -0.2) is 0 Å². The zero-order valence-corrected chi connectivity index (χ0v) is 23.2. The van der Waals surface area contributed by atoms with Crippen molar-refractivity contribution in [1.82, 2.24) is 15.5 Å². The third-order valence-corrected chi connectivity index (χ3v) is 7.73. The van der Waals surface area contributed by atoms with E-state index < -0.39 is 5.41 Å². The summed E-state index contributed by atoms with van der Waals surface area (Å²) in [7, 11) is 0. The molecule has 2 heterocycles. The Balaban J connectivity index is 0.00000432. The molecule has 2 N–H and O–H groups in total. The summed E-state index contributed by atoms with van der Waals surface area (Å²) < 4.78 is 0. The average Bonchev–Trinajstić information content (AvgIpc) is 3.05. The highest BCUT2D eigenvalue weighted by molar-refractivity contribution is 6.34. The van der Waals surface area contributed by atoms with E-state index >= 15 is 0 Å². The molecule has 2 aliphatic heterocycles. The van der Waals surface area contributed by atoms with E-state index in [1.165, 1.54) is 0 Å². The van der Waals surface area contributed by atoms with E-state index in [0.717, 1.165) is 37.2 Å². The van der Waals surface area contributed by atoms with Gasteiger partial charge in [0.1, 0.15) is 0 Å². The van der Waals surface area contributed by atoms with E-state index in [1.807, 2.05) is 38.7 Å². The molecule has 1 aromatic carbocycles. The molecule has 7 nitrogen and oxygen atoms in total. The van der Waals surface area contributed by atoms with Crippen molar-refractivity contribution in [3.05, 3.63) is 28.3 Å². The number of hydrogen-bond donors (Lipinski definition) is 2. The van der Waals surface area contributed by atoms with Gasteiger partial charge in [-0.3, -0.25) is 14.4 Å². The molecule has 1 fully saturated rings. The number of nitrogens with one attached hydrogen (secondary N) is 2. The number of piperidine rings is 1. The average molecular weight is 528 g/mol. The first-order valence-corrected chi connectivity index (χ1v) is 13.1. The maximum atomic E-state index is 13.8. The fourth-order valence-corrected chi connectivity index (χ4v) is 5.68. The number of benzene rings is 1. The molecule has 0 radical (unpaired) electrons. The SMILES string of the molecule is CCC(=O)NCCN1C(=O)C(CC)(CC)c2cc(Cl)c(C(=O)N(C(C)C)[C@@H]3CCCNC3)cc21.Cl. The lowest BCUT2D eigenvalue weighted by Gasteiger charge is -2.38. The molecule has 0 aliphatic carbocycles. The van der Waals surface area contributed by atoms with E-state index in [1.54, 1.807) is 17.9 Å². The molecule has 0 bridgehead atoms. The Hall–Kier alpha value is -1.83. The number of amides is 3. The Morgan fingerprint density at radius 2 is 1.94 bits per heavy atom. The highest BCUT2D eigenvalue weighted by Crippen LogP contribution is 2.48. The van der Waals surface area contributed by atoms with Crippen molar-refractivity contribution in [2.75, 3.05) is 31.1 Å². The summed E-state index contributed by atoms with van der Waals surface area (Å²) in [5.41, 5.74) is 1.37. The fourth-order valence-electron chi connectivity index (χ4n) is 5.43. The third kappa shape index (κ3) is 5.62. The zero-order valence-electron chi connectivity index (χ0n) is 21.6. The van der Waals surface area contributed by atoms with E-state index in [4.69, 9.17) is 11.6 Å². The second-order valence-corrected chi connectivity index (χ2v) is 10.0.